The first-order valence-electron chi connectivity index (χ1n) is 6.47. The molecule has 18 heavy (non-hydrogen) atoms. The lowest BCUT2D eigenvalue weighted by Gasteiger charge is -2.39. The molecule has 100 valence electrons. The first-order valence-corrected chi connectivity index (χ1v) is 7.24. The van der Waals surface area contributed by atoms with Gasteiger partial charge in [0.25, 0.3) is 5.91 Å². The van der Waals surface area contributed by atoms with Crippen molar-refractivity contribution in [1.82, 2.24) is 14.7 Å². The van der Waals surface area contributed by atoms with Crippen molar-refractivity contribution in [3.63, 3.8) is 0 Å². The summed E-state index contributed by atoms with van der Waals surface area (Å²) in [6.45, 7) is 8.61. The molecule has 2 unspecified atom stereocenters. The van der Waals surface area contributed by atoms with Crippen molar-refractivity contribution in [3.8, 4) is 0 Å². The molecule has 1 fully saturated rings. The number of nitrogens with one attached hydrogen (secondary N) is 1. The van der Waals surface area contributed by atoms with Crippen LogP contribution in [0.4, 0.5) is 0 Å². The molecule has 2 atom stereocenters. The van der Waals surface area contributed by atoms with Crippen molar-refractivity contribution in [2.24, 2.45) is 11.3 Å². The Balaban J connectivity index is 1.99. The highest BCUT2D eigenvalue weighted by Gasteiger charge is 2.33. The van der Waals surface area contributed by atoms with Gasteiger partial charge in [0.1, 0.15) is 5.82 Å². The smallest absolute Gasteiger partial charge is 0.282 e. The SMILES string of the molecule is Cc1nsc(C(=O)NC2CC(C)CC(C)(C)C2)n1. The molecule has 0 bridgehead atoms. The number of nitrogens with zero attached hydrogens (tertiary/aromatic N) is 2. The molecule has 1 aromatic heterocycles. The molecule has 4 nitrogen and oxygen atoms in total. The Bertz CT molecular complexity index is 441. The van der Waals surface area contributed by atoms with Gasteiger partial charge in [-0.1, -0.05) is 20.8 Å². The molecule has 0 spiro atoms. The van der Waals surface area contributed by atoms with Crippen LogP contribution in [0.1, 0.15) is 55.7 Å². The van der Waals surface area contributed by atoms with Gasteiger partial charge >= 0.3 is 0 Å². The Kier molecular flexibility index (Phi) is 3.71. The van der Waals surface area contributed by atoms with Gasteiger partial charge < -0.3 is 5.32 Å². The van der Waals surface area contributed by atoms with E-state index in [4.69, 9.17) is 0 Å². The number of aryl methyl sites for hydroxylation is 1. The van der Waals surface area contributed by atoms with Crippen molar-refractivity contribution in [2.75, 3.05) is 0 Å². The minimum absolute atomic E-state index is 0.0736. The van der Waals surface area contributed by atoms with Gasteiger partial charge in [-0.3, -0.25) is 4.79 Å². The number of carbonyl (C=O) groups is 1. The first kappa shape index (κ1) is 13.5. The Labute approximate surface area is 112 Å². The van der Waals surface area contributed by atoms with Crippen LogP contribution in [-0.4, -0.2) is 21.3 Å². The molecule has 1 heterocycles. The number of carbonyl (C=O) groups excluding carboxylic acids is 1. The molecule has 5 heteroatoms. The maximum absolute atomic E-state index is 12.0. The fourth-order valence-corrected chi connectivity index (χ4v) is 3.67. The maximum atomic E-state index is 12.0. The van der Waals surface area contributed by atoms with Crippen LogP contribution in [0.25, 0.3) is 0 Å². The van der Waals surface area contributed by atoms with Crippen LogP contribution in [0.5, 0.6) is 0 Å². The molecular formula is C13H21N3OS. The highest BCUT2D eigenvalue weighted by atomic mass is 32.1. The van der Waals surface area contributed by atoms with Gasteiger partial charge in [-0.25, -0.2) is 4.98 Å². The van der Waals surface area contributed by atoms with Crippen molar-refractivity contribution in [1.29, 1.82) is 0 Å². The van der Waals surface area contributed by atoms with Crippen molar-refractivity contribution in [2.45, 2.75) is 53.0 Å². The summed E-state index contributed by atoms with van der Waals surface area (Å²) in [4.78, 5) is 16.2. The van der Waals surface area contributed by atoms with Gasteiger partial charge in [0, 0.05) is 6.04 Å². The minimum atomic E-state index is -0.0736. The van der Waals surface area contributed by atoms with Crippen LogP contribution in [0.15, 0.2) is 0 Å². The van der Waals surface area contributed by atoms with E-state index in [-0.39, 0.29) is 11.9 Å². The number of amides is 1. The Morgan fingerprint density at radius 3 is 2.72 bits per heavy atom. The average molecular weight is 267 g/mol. The van der Waals surface area contributed by atoms with E-state index in [1.165, 1.54) is 18.0 Å². The molecule has 1 aromatic rings. The maximum Gasteiger partial charge on any atom is 0.282 e. The molecule has 1 aliphatic carbocycles. The van der Waals surface area contributed by atoms with Gasteiger partial charge in [0.15, 0.2) is 0 Å². The van der Waals surface area contributed by atoms with Gasteiger partial charge in [0.05, 0.1) is 0 Å². The van der Waals surface area contributed by atoms with Crippen molar-refractivity contribution < 1.29 is 4.79 Å². The molecule has 2 rings (SSSR count). The Hall–Kier alpha value is -0.970. The molecule has 1 aliphatic rings. The molecule has 0 radical (unpaired) electrons. The number of hydrogen-bond donors (Lipinski definition) is 1. The van der Waals surface area contributed by atoms with E-state index in [9.17, 15) is 4.79 Å². The van der Waals surface area contributed by atoms with E-state index in [2.05, 4.69) is 35.4 Å². The van der Waals surface area contributed by atoms with Gasteiger partial charge in [-0.2, -0.15) is 4.37 Å². The molecule has 1 saturated carbocycles. The lowest BCUT2D eigenvalue weighted by atomic mass is 9.70. The van der Waals surface area contributed by atoms with E-state index in [1.807, 2.05) is 0 Å². The largest absolute Gasteiger partial charge is 0.347 e. The third-order valence-corrected chi connectivity index (χ3v) is 4.25. The first-order chi connectivity index (χ1) is 8.35. The summed E-state index contributed by atoms with van der Waals surface area (Å²) < 4.78 is 4.04. The lowest BCUT2D eigenvalue weighted by Crippen LogP contribution is -2.42. The second kappa shape index (κ2) is 4.96. The third kappa shape index (κ3) is 3.28. The summed E-state index contributed by atoms with van der Waals surface area (Å²) in [5.41, 5.74) is 0.312. The fraction of sp³-hybridized carbons (Fsp3) is 0.769. The van der Waals surface area contributed by atoms with Gasteiger partial charge in [0.2, 0.25) is 5.01 Å². The van der Waals surface area contributed by atoms with E-state index in [1.54, 1.807) is 6.92 Å². The Morgan fingerprint density at radius 1 is 1.44 bits per heavy atom. The molecular weight excluding hydrogens is 246 g/mol. The van der Waals surface area contributed by atoms with E-state index in [0.717, 1.165) is 12.8 Å². The highest BCUT2D eigenvalue weighted by Crippen LogP contribution is 2.38. The predicted molar refractivity (Wildman–Crippen MR) is 72.7 cm³/mol. The summed E-state index contributed by atoms with van der Waals surface area (Å²) in [5, 5.41) is 3.58. The molecule has 0 aliphatic heterocycles. The average Bonchev–Trinajstić information content (AvgIpc) is 2.61. The van der Waals surface area contributed by atoms with Gasteiger partial charge in [-0.05, 0) is 49.1 Å². The summed E-state index contributed by atoms with van der Waals surface area (Å²) in [6.07, 6.45) is 3.34. The standard InChI is InChI=1S/C13H21N3OS/c1-8-5-10(7-13(3,4)6-8)15-11(17)12-14-9(2)16-18-12/h8,10H,5-7H2,1-4H3,(H,15,17). The Morgan fingerprint density at radius 2 is 2.17 bits per heavy atom. The summed E-state index contributed by atoms with van der Waals surface area (Å²) in [5.74, 6) is 1.26. The van der Waals surface area contributed by atoms with Gasteiger partial charge in [-0.15, -0.1) is 0 Å². The topological polar surface area (TPSA) is 54.9 Å². The lowest BCUT2D eigenvalue weighted by molar-refractivity contribution is 0.0873. The van der Waals surface area contributed by atoms with Crippen LogP contribution in [0.3, 0.4) is 0 Å². The van der Waals surface area contributed by atoms with E-state index >= 15 is 0 Å². The third-order valence-electron chi connectivity index (χ3n) is 3.44. The van der Waals surface area contributed by atoms with Crippen LogP contribution < -0.4 is 5.32 Å². The summed E-state index contributed by atoms with van der Waals surface area (Å²) >= 11 is 1.17. The zero-order valence-electron chi connectivity index (χ0n) is 11.5. The van der Waals surface area contributed by atoms with E-state index < -0.39 is 0 Å². The molecule has 1 amide bonds. The number of rotatable bonds is 2. The summed E-state index contributed by atoms with van der Waals surface area (Å²) in [7, 11) is 0. The van der Waals surface area contributed by atoms with E-state index in [0.29, 0.717) is 22.2 Å². The normalized spacial score (nSPS) is 26.9. The van der Waals surface area contributed by atoms with Crippen LogP contribution >= 0.6 is 11.5 Å². The van der Waals surface area contributed by atoms with Crippen LogP contribution in [0, 0.1) is 18.3 Å². The second-order valence-electron chi connectivity index (χ2n) is 6.23. The monoisotopic (exact) mass is 267 g/mol. The molecule has 1 N–H and O–H groups in total. The van der Waals surface area contributed by atoms with Crippen LogP contribution in [-0.2, 0) is 0 Å². The minimum Gasteiger partial charge on any atom is -0.347 e. The molecule has 0 saturated heterocycles. The van der Waals surface area contributed by atoms with Crippen LogP contribution in [0.2, 0.25) is 0 Å². The van der Waals surface area contributed by atoms with Crippen molar-refractivity contribution >= 4 is 17.4 Å². The quantitative estimate of drug-likeness (QED) is 0.896. The van der Waals surface area contributed by atoms with Crippen molar-refractivity contribution in [3.05, 3.63) is 10.8 Å². The highest BCUT2D eigenvalue weighted by molar-refractivity contribution is 7.07. The molecule has 0 aromatic carbocycles. The second-order valence-corrected chi connectivity index (χ2v) is 6.98. The summed E-state index contributed by atoms with van der Waals surface area (Å²) in [6, 6.07) is 0.264. The zero-order valence-corrected chi connectivity index (χ0v) is 12.3. The number of hydrogen-bond acceptors (Lipinski definition) is 4. The number of aromatic nitrogens is 2. The zero-order chi connectivity index (χ0) is 13.3. The predicted octanol–water partition coefficient (Wildman–Crippen LogP) is 2.79. The fourth-order valence-electron chi connectivity index (χ4n) is 3.09.